The van der Waals surface area contributed by atoms with Crippen molar-refractivity contribution >= 4 is 22.2 Å². The van der Waals surface area contributed by atoms with Crippen LogP contribution in [0.1, 0.15) is 25.0 Å². The number of imidazole rings is 1. The van der Waals surface area contributed by atoms with Gasteiger partial charge in [0.2, 0.25) is 5.91 Å². The summed E-state index contributed by atoms with van der Waals surface area (Å²) in [5, 5.41) is 2.08. The summed E-state index contributed by atoms with van der Waals surface area (Å²) in [7, 11) is 1.69. The fourth-order valence-corrected chi connectivity index (χ4v) is 4.97. The van der Waals surface area contributed by atoms with E-state index in [0.29, 0.717) is 11.8 Å². The van der Waals surface area contributed by atoms with Gasteiger partial charge in [-0.25, -0.2) is 4.98 Å². The zero-order chi connectivity index (χ0) is 19.8. The fourth-order valence-electron chi connectivity index (χ4n) is 4.24. The first-order valence-electron chi connectivity index (χ1n) is 10.3. The van der Waals surface area contributed by atoms with Crippen LogP contribution in [-0.2, 0) is 11.3 Å². The molecule has 29 heavy (non-hydrogen) atoms. The molecule has 3 heterocycles. The number of amides is 1. The molecule has 7 heteroatoms. The number of nitrogens with zero attached hydrogens (tertiary/aromatic N) is 4. The van der Waals surface area contributed by atoms with Crippen molar-refractivity contribution < 1.29 is 9.53 Å². The molecule has 0 spiro atoms. The van der Waals surface area contributed by atoms with Crippen molar-refractivity contribution in [2.75, 3.05) is 33.3 Å². The van der Waals surface area contributed by atoms with Crippen LogP contribution in [0.5, 0.6) is 5.75 Å². The number of hydrogen-bond donors (Lipinski definition) is 0. The Morgan fingerprint density at radius 3 is 2.79 bits per heavy atom. The highest BCUT2D eigenvalue weighted by atomic mass is 32.1. The van der Waals surface area contributed by atoms with Gasteiger partial charge in [0.05, 0.1) is 18.5 Å². The number of fused-ring (bicyclic) bond motifs is 1. The Morgan fingerprint density at radius 2 is 2.07 bits per heavy atom. The largest absolute Gasteiger partial charge is 0.497 e. The summed E-state index contributed by atoms with van der Waals surface area (Å²) in [4.78, 5) is 22.9. The van der Waals surface area contributed by atoms with E-state index in [1.165, 1.54) is 12.1 Å². The lowest BCUT2D eigenvalue weighted by Gasteiger charge is -2.38. The Balaban J connectivity index is 1.35. The standard InChI is InChI=1S/C22H26N4O2S/c1-28-18-7-3-6-17(14-18)20-19(26-12-13-29-22(26)23-20)15-24-8-10-25(11-9-24)21(27)16-4-2-5-16/h3,6-7,12-14,16H,2,4-5,8-11,15H2,1H3. The molecule has 0 bridgehead atoms. The van der Waals surface area contributed by atoms with Crippen LogP contribution in [0.4, 0.5) is 0 Å². The molecule has 1 saturated heterocycles. The number of methoxy groups -OCH3 is 1. The van der Waals surface area contributed by atoms with E-state index in [1.807, 2.05) is 18.2 Å². The average molecular weight is 411 g/mol. The minimum atomic E-state index is 0.293. The molecule has 0 radical (unpaired) electrons. The highest BCUT2D eigenvalue weighted by Gasteiger charge is 2.31. The second kappa shape index (κ2) is 7.80. The van der Waals surface area contributed by atoms with Gasteiger partial charge in [-0.15, -0.1) is 11.3 Å². The van der Waals surface area contributed by atoms with E-state index >= 15 is 0 Å². The predicted molar refractivity (Wildman–Crippen MR) is 114 cm³/mol. The molecule has 5 rings (SSSR count). The zero-order valence-corrected chi connectivity index (χ0v) is 17.5. The monoisotopic (exact) mass is 410 g/mol. The average Bonchev–Trinajstić information content (AvgIpc) is 3.30. The highest BCUT2D eigenvalue weighted by molar-refractivity contribution is 7.15. The molecular weight excluding hydrogens is 384 g/mol. The summed E-state index contributed by atoms with van der Waals surface area (Å²) < 4.78 is 7.61. The maximum atomic E-state index is 12.5. The number of carbonyl (C=O) groups is 1. The lowest BCUT2D eigenvalue weighted by atomic mass is 9.84. The van der Waals surface area contributed by atoms with Crippen molar-refractivity contribution in [3.05, 3.63) is 41.5 Å². The Bertz CT molecular complexity index is 1010. The van der Waals surface area contributed by atoms with Crippen LogP contribution in [0.2, 0.25) is 0 Å². The number of thiazole rings is 1. The number of benzene rings is 1. The molecule has 2 aromatic heterocycles. The number of ether oxygens (including phenoxy) is 1. The summed E-state index contributed by atoms with van der Waals surface area (Å²) in [6, 6.07) is 8.11. The molecule has 1 aromatic carbocycles. The van der Waals surface area contributed by atoms with Crippen LogP contribution >= 0.6 is 11.3 Å². The van der Waals surface area contributed by atoms with E-state index in [0.717, 1.165) is 67.5 Å². The van der Waals surface area contributed by atoms with Gasteiger partial charge in [-0.05, 0) is 25.0 Å². The van der Waals surface area contributed by atoms with Crippen LogP contribution in [0.25, 0.3) is 16.2 Å². The molecular formula is C22H26N4O2S. The van der Waals surface area contributed by atoms with E-state index in [-0.39, 0.29) is 0 Å². The Labute approximate surface area is 174 Å². The normalized spacial score (nSPS) is 18.2. The smallest absolute Gasteiger partial charge is 0.225 e. The molecule has 1 saturated carbocycles. The van der Waals surface area contributed by atoms with Crippen LogP contribution in [0, 0.1) is 5.92 Å². The van der Waals surface area contributed by atoms with Gasteiger partial charge in [0, 0.05) is 55.8 Å². The van der Waals surface area contributed by atoms with Gasteiger partial charge in [-0.3, -0.25) is 14.1 Å². The summed E-state index contributed by atoms with van der Waals surface area (Å²) in [5.74, 6) is 1.51. The highest BCUT2D eigenvalue weighted by Crippen LogP contribution is 2.31. The Morgan fingerprint density at radius 1 is 1.24 bits per heavy atom. The number of rotatable bonds is 5. The van der Waals surface area contributed by atoms with E-state index in [9.17, 15) is 4.79 Å². The van der Waals surface area contributed by atoms with Crippen molar-refractivity contribution in [1.29, 1.82) is 0 Å². The lowest BCUT2D eigenvalue weighted by molar-refractivity contribution is -0.140. The molecule has 1 aliphatic carbocycles. The van der Waals surface area contributed by atoms with Crippen molar-refractivity contribution in [3.8, 4) is 17.0 Å². The molecule has 0 atom stereocenters. The fraction of sp³-hybridized carbons (Fsp3) is 0.455. The maximum absolute atomic E-state index is 12.5. The predicted octanol–water partition coefficient (Wildman–Crippen LogP) is 3.52. The number of aromatic nitrogens is 2. The van der Waals surface area contributed by atoms with Crippen LogP contribution in [0.3, 0.4) is 0 Å². The third-order valence-corrected chi connectivity index (χ3v) is 6.97. The molecule has 2 fully saturated rings. The first kappa shape index (κ1) is 18.6. The van der Waals surface area contributed by atoms with Crippen molar-refractivity contribution in [2.24, 2.45) is 5.92 Å². The molecule has 0 N–H and O–H groups in total. The third kappa shape index (κ3) is 3.53. The summed E-state index contributed by atoms with van der Waals surface area (Å²) in [6.45, 7) is 4.31. The van der Waals surface area contributed by atoms with Crippen LogP contribution in [0.15, 0.2) is 35.8 Å². The van der Waals surface area contributed by atoms with E-state index < -0.39 is 0 Å². The minimum absolute atomic E-state index is 0.293. The van der Waals surface area contributed by atoms with Gasteiger partial charge in [-0.1, -0.05) is 18.6 Å². The van der Waals surface area contributed by atoms with Gasteiger partial charge < -0.3 is 9.64 Å². The van der Waals surface area contributed by atoms with Crippen molar-refractivity contribution in [3.63, 3.8) is 0 Å². The molecule has 2 aliphatic rings. The molecule has 3 aromatic rings. The first-order valence-corrected chi connectivity index (χ1v) is 11.2. The molecule has 0 unspecified atom stereocenters. The van der Waals surface area contributed by atoms with Crippen molar-refractivity contribution in [1.82, 2.24) is 19.2 Å². The maximum Gasteiger partial charge on any atom is 0.225 e. The van der Waals surface area contributed by atoms with E-state index in [2.05, 4.69) is 31.8 Å². The Hall–Kier alpha value is -2.38. The zero-order valence-electron chi connectivity index (χ0n) is 16.7. The lowest BCUT2D eigenvalue weighted by Crippen LogP contribution is -2.50. The van der Waals surface area contributed by atoms with Gasteiger partial charge in [0.25, 0.3) is 0 Å². The third-order valence-electron chi connectivity index (χ3n) is 6.22. The van der Waals surface area contributed by atoms with E-state index in [4.69, 9.17) is 9.72 Å². The second-order valence-electron chi connectivity index (χ2n) is 7.92. The Kier molecular flexibility index (Phi) is 5.01. The molecule has 1 aliphatic heterocycles. The first-order chi connectivity index (χ1) is 14.2. The molecule has 152 valence electrons. The number of piperazine rings is 1. The summed E-state index contributed by atoms with van der Waals surface area (Å²) in [6.07, 6.45) is 5.47. The van der Waals surface area contributed by atoms with Gasteiger partial charge in [0.15, 0.2) is 4.96 Å². The number of hydrogen-bond acceptors (Lipinski definition) is 5. The van der Waals surface area contributed by atoms with Crippen molar-refractivity contribution in [2.45, 2.75) is 25.8 Å². The minimum Gasteiger partial charge on any atom is -0.497 e. The van der Waals surface area contributed by atoms with Gasteiger partial charge in [0.1, 0.15) is 5.75 Å². The second-order valence-corrected chi connectivity index (χ2v) is 8.80. The molecule has 1 amide bonds. The van der Waals surface area contributed by atoms with Gasteiger partial charge >= 0.3 is 0 Å². The van der Waals surface area contributed by atoms with Crippen LogP contribution in [-0.4, -0.2) is 58.4 Å². The molecule has 6 nitrogen and oxygen atoms in total. The van der Waals surface area contributed by atoms with Crippen LogP contribution < -0.4 is 4.74 Å². The summed E-state index contributed by atoms with van der Waals surface area (Å²) >= 11 is 1.65. The number of carbonyl (C=O) groups excluding carboxylic acids is 1. The SMILES string of the molecule is COc1cccc(-c2nc3sccn3c2CN2CCN(C(=O)C3CCC3)CC2)c1. The van der Waals surface area contributed by atoms with Gasteiger partial charge in [-0.2, -0.15) is 0 Å². The topological polar surface area (TPSA) is 50.1 Å². The van der Waals surface area contributed by atoms with E-state index in [1.54, 1.807) is 18.4 Å². The summed E-state index contributed by atoms with van der Waals surface area (Å²) in [5.41, 5.74) is 3.30. The quantitative estimate of drug-likeness (QED) is 0.646.